The molecule has 1 amide bonds. The fourth-order valence-electron chi connectivity index (χ4n) is 2.47. The molecule has 0 saturated heterocycles. The Morgan fingerprint density at radius 1 is 1.17 bits per heavy atom. The molecule has 0 heterocycles. The molecular formula is C19H21NO4. The van der Waals surface area contributed by atoms with Crippen LogP contribution in [-0.2, 0) is 11.2 Å². The van der Waals surface area contributed by atoms with Crippen molar-refractivity contribution >= 4 is 11.9 Å². The molecule has 126 valence electrons. The average Bonchev–Trinajstić information content (AvgIpc) is 2.55. The first kappa shape index (κ1) is 17.5. The van der Waals surface area contributed by atoms with Gasteiger partial charge in [-0.05, 0) is 43.2 Å². The van der Waals surface area contributed by atoms with E-state index in [4.69, 9.17) is 4.74 Å². The van der Waals surface area contributed by atoms with Crippen molar-refractivity contribution in [2.24, 2.45) is 0 Å². The molecule has 0 bridgehead atoms. The third kappa shape index (κ3) is 4.59. The van der Waals surface area contributed by atoms with Crippen molar-refractivity contribution in [3.8, 4) is 5.75 Å². The Morgan fingerprint density at radius 2 is 1.92 bits per heavy atom. The number of amides is 1. The number of carboxylic acid groups (broad SMARTS) is 1. The first-order valence-corrected chi connectivity index (χ1v) is 7.84. The van der Waals surface area contributed by atoms with Crippen LogP contribution in [0.15, 0.2) is 48.5 Å². The SMILES string of the molecule is CCOc1cccc(C(C)NC(=O)Cc2ccccc2C(=O)O)c1. The van der Waals surface area contributed by atoms with Gasteiger partial charge >= 0.3 is 5.97 Å². The molecule has 1 unspecified atom stereocenters. The average molecular weight is 327 g/mol. The molecule has 0 aliphatic carbocycles. The van der Waals surface area contributed by atoms with E-state index in [-0.39, 0.29) is 23.9 Å². The minimum atomic E-state index is -1.03. The van der Waals surface area contributed by atoms with Crippen molar-refractivity contribution < 1.29 is 19.4 Å². The highest BCUT2D eigenvalue weighted by atomic mass is 16.5. The lowest BCUT2D eigenvalue weighted by Gasteiger charge is -2.16. The van der Waals surface area contributed by atoms with Gasteiger partial charge in [-0.1, -0.05) is 30.3 Å². The fraction of sp³-hybridized carbons (Fsp3) is 0.263. The van der Waals surface area contributed by atoms with Crippen LogP contribution >= 0.6 is 0 Å². The first-order chi connectivity index (χ1) is 11.5. The number of hydrogen-bond acceptors (Lipinski definition) is 3. The Hall–Kier alpha value is -2.82. The zero-order valence-electron chi connectivity index (χ0n) is 13.8. The van der Waals surface area contributed by atoms with Crippen molar-refractivity contribution in [2.45, 2.75) is 26.3 Å². The molecule has 0 radical (unpaired) electrons. The molecule has 0 aliphatic rings. The summed E-state index contributed by atoms with van der Waals surface area (Å²) in [6.45, 7) is 4.37. The lowest BCUT2D eigenvalue weighted by atomic mass is 10.0. The van der Waals surface area contributed by atoms with E-state index >= 15 is 0 Å². The van der Waals surface area contributed by atoms with Crippen molar-refractivity contribution in [1.82, 2.24) is 5.32 Å². The van der Waals surface area contributed by atoms with E-state index in [9.17, 15) is 14.7 Å². The lowest BCUT2D eigenvalue weighted by Crippen LogP contribution is -2.28. The van der Waals surface area contributed by atoms with Crippen LogP contribution in [0, 0.1) is 0 Å². The number of carbonyl (C=O) groups is 2. The highest BCUT2D eigenvalue weighted by molar-refractivity contribution is 5.91. The van der Waals surface area contributed by atoms with Crippen LogP contribution < -0.4 is 10.1 Å². The summed E-state index contributed by atoms with van der Waals surface area (Å²) in [4.78, 5) is 23.4. The predicted molar refractivity (Wildman–Crippen MR) is 91.3 cm³/mol. The smallest absolute Gasteiger partial charge is 0.335 e. The summed E-state index contributed by atoms with van der Waals surface area (Å²) in [5.41, 5.74) is 1.58. The highest BCUT2D eigenvalue weighted by Gasteiger charge is 2.15. The molecule has 0 aliphatic heterocycles. The number of carboxylic acids is 1. The van der Waals surface area contributed by atoms with Crippen LogP contribution in [0.5, 0.6) is 5.75 Å². The molecule has 0 fully saturated rings. The van der Waals surface area contributed by atoms with E-state index < -0.39 is 5.97 Å². The highest BCUT2D eigenvalue weighted by Crippen LogP contribution is 2.19. The number of carbonyl (C=O) groups excluding carboxylic acids is 1. The summed E-state index contributed by atoms with van der Waals surface area (Å²) < 4.78 is 5.46. The van der Waals surface area contributed by atoms with Crippen molar-refractivity contribution in [1.29, 1.82) is 0 Å². The summed E-state index contributed by atoms with van der Waals surface area (Å²) >= 11 is 0. The van der Waals surface area contributed by atoms with E-state index in [1.807, 2.05) is 38.1 Å². The number of nitrogens with one attached hydrogen (secondary N) is 1. The van der Waals surface area contributed by atoms with Crippen LogP contribution in [0.4, 0.5) is 0 Å². The molecule has 2 aromatic carbocycles. The van der Waals surface area contributed by atoms with Gasteiger partial charge in [0.2, 0.25) is 5.91 Å². The van der Waals surface area contributed by atoms with Crippen LogP contribution in [-0.4, -0.2) is 23.6 Å². The van der Waals surface area contributed by atoms with Crippen LogP contribution in [0.2, 0.25) is 0 Å². The Bertz CT molecular complexity index is 727. The third-order valence-corrected chi connectivity index (χ3v) is 3.65. The number of aromatic carboxylic acids is 1. The fourth-order valence-corrected chi connectivity index (χ4v) is 2.47. The number of hydrogen-bond donors (Lipinski definition) is 2. The van der Waals surface area contributed by atoms with Crippen LogP contribution in [0.3, 0.4) is 0 Å². The van der Waals surface area contributed by atoms with Gasteiger partial charge in [-0.15, -0.1) is 0 Å². The second kappa shape index (κ2) is 8.15. The van der Waals surface area contributed by atoms with Gasteiger partial charge in [0.1, 0.15) is 5.75 Å². The summed E-state index contributed by atoms with van der Waals surface area (Å²) in [6, 6.07) is 13.9. The molecule has 2 aromatic rings. The summed E-state index contributed by atoms with van der Waals surface area (Å²) in [5.74, 6) is -0.499. The molecule has 0 aromatic heterocycles. The Kier molecular flexibility index (Phi) is 5.95. The van der Waals surface area contributed by atoms with Gasteiger partial charge < -0.3 is 15.2 Å². The van der Waals surface area contributed by atoms with Gasteiger partial charge in [-0.25, -0.2) is 4.79 Å². The second-order valence-electron chi connectivity index (χ2n) is 5.43. The van der Waals surface area contributed by atoms with Gasteiger partial charge in [-0.3, -0.25) is 4.79 Å². The number of ether oxygens (including phenoxy) is 1. The predicted octanol–water partition coefficient (Wildman–Crippen LogP) is 3.20. The van der Waals surface area contributed by atoms with E-state index in [0.717, 1.165) is 11.3 Å². The van der Waals surface area contributed by atoms with Gasteiger partial charge in [0.25, 0.3) is 0 Å². The molecule has 2 rings (SSSR count). The zero-order chi connectivity index (χ0) is 17.5. The summed E-state index contributed by atoms with van der Waals surface area (Å²) in [7, 11) is 0. The van der Waals surface area contributed by atoms with Gasteiger partial charge in [-0.2, -0.15) is 0 Å². The molecule has 5 heteroatoms. The largest absolute Gasteiger partial charge is 0.494 e. The van der Waals surface area contributed by atoms with Crippen LogP contribution in [0.1, 0.15) is 41.4 Å². The number of rotatable bonds is 7. The normalized spacial score (nSPS) is 11.6. The maximum Gasteiger partial charge on any atom is 0.335 e. The maximum absolute atomic E-state index is 12.2. The first-order valence-electron chi connectivity index (χ1n) is 7.84. The minimum Gasteiger partial charge on any atom is -0.494 e. The summed E-state index contributed by atoms with van der Waals surface area (Å²) in [5, 5.41) is 12.1. The molecule has 2 N–H and O–H groups in total. The zero-order valence-corrected chi connectivity index (χ0v) is 13.8. The quantitative estimate of drug-likeness (QED) is 0.819. The third-order valence-electron chi connectivity index (χ3n) is 3.65. The van der Waals surface area contributed by atoms with E-state index in [1.165, 1.54) is 6.07 Å². The standard InChI is InChI=1S/C19H21NO4/c1-3-24-16-9-6-8-14(11-16)13(2)20-18(21)12-15-7-4-5-10-17(15)19(22)23/h4-11,13H,3,12H2,1-2H3,(H,20,21)(H,22,23). The molecular weight excluding hydrogens is 306 g/mol. The van der Waals surface area contributed by atoms with Crippen LogP contribution in [0.25, 0.3) is 0 Å². The van der Waals surface area contributed by atoms with Gasteiger partial charge in [0.05, 0.1) is 24.6 Å². The van der Waals surface area contributed by atoms with E-state index in [1.54, 1.807) is 18.2 Å². The maximum atomic E-state index is 12.2. The monoisotopic (exact) mass is 327 g/mol. The molecule has 0 saturated carbocycles. The van der Waals surface area contributed by atoms with E-state index in [2.05, 4.69) is 5.32 Å². The second-order valence-corrected chi connectivity index (χ2v) is 5.43. The van der Waals surface area contributed by atoms with Gasteiger partial charge in [0, 0.05) is 0 Å². The molecule has 5 nitrogen and oxygen atoms in total. The lowest BCUT2D eigenvalue weighted by molar-refractivity contribution is -0.121. The molecule has 24 heavy (non-hydrogen) atoms. The Labute approximate surface area is 141 Å². The summed E-state index contributed by atoms with van der Waals surface area (Å²) in [6.07, 6.45) is 0.0258. The molecule has 0 spiro atoms. The van der Waals surface area contributed by atoms with Gasteiger partial charge in [0.15, 0.2) is 0 Å². The van der Waals surface area contributed by atoms with Crippen molar-refractivity contribution in [3.05, 3.63) is 65.2 Å². The van der Waals surface area contributed by atoms with Crippen molar-refractivity contribution in [3.63, 3.8) is 0 Å². The number of benzene rings is 2. The topological polar surface area (TPSA) is 75.6 Å². The Balaban J connectivity index is 2.04. The minimum absolute atomic E-state index is 0.0258. The Morgan fingerprint density at radius 3 is 2.62 bits per heavy atom. The van der Waals surface area contributed by atoms with E-state index in [0.29, 0.717) is 12.2 Å². The molecule has 1 atom stereocenters. The van der Waals surface area contributed by atoms with Crippen molar-refractivity contribution in [2.75, 3.05) is 6.61 Å².